The van der Waals surface area contributed by atoms with Crippen LogP contribution in [0.15, 0.2) is 6.07 Å². The third kappa shape index (κ3) is 1.46. The van der Waals surface area contributed by atoms with Crippen molar-refractivity contribution in [3.8, 4) is 0 Å². The second-order valence-electron chi connectivity index (χ2n) is 4.30. The van der Waals surface area contributed by atoms with Gasteiger partial charge in [0.05, 0.1) is 6.61 Å². The second-order valence-corrected chi connectivity index (χ2v) is 4.30. The molecule has 1 heteroatoms. The van der Waals surface area contributed by atoms with E-state index in [1.54, 1.807) is 5.56 Å². The van der Waals surface area contributed by atoms with Crippen molar-refractivity contribution in [3.63, 3.8) is 0 Å². The third-order valence-electron chi connectivity index (χ3n) is 3.44. The zero-order valence-electron chi connectivity index (χ0n) is 9.06. The number of fused-ring (bicyclic) bond motifs is 1. The maximum Gasteiger partial charge on any atom is 0.0684 e. The van der Waals surface area contributed by atoms with Crippen LogP contribution >= 0.6 is 0 Å². The molecule has 0 bridgehead atoms. The minimum absolute atomic E-state index is 0.181. The smallest absolute Gasteiger partial charge is 0.0684 e. The molecule has 0 spiro atoms. The van der Waals surface area contributed by atoms with Gasteiger partial charge in [-0.3, -0.25) is 0 Å². The predicted molar refractivity (Wildman–Crippen MR) is 58.5 cm³/mol. The van der Waals surface area contributed by atoms with E-state index in [0.717, 1.165) is 5.56 Å². The fourth-order valence-electron chi connectivity index (χ4n) is 2.57. The van der Waals surface area contributed by atoms with Crippen LogP contribution in [0.25, 0.3) is 0 Å². The summed E-state index contributed by atoms with van der Waals surface area (Å²) in [6, 6.07) is 2.15. The largest absolute Gasteiger partial charge is 0.392 e. The van der Waals surface area contributed by atoms with Gasteiger partial charge in [-0.25, -0.2) is 0 Å². The van der Waals surface area contributed by atoms with E-state index in [2.05, 4.69) is 19.9 Å². The van der Waals surface area contributed by atoms with Crippen LogP contribution in [0.2, 0.25) is 0 Å². The normalized spacial score (nSPS) is 15.4. The van der Waals surface area contributed by atoms with Crippen molar-refractivity contribution >= 4 is 0 Å². The molecule has 0 heterocycles. The van der Waals surface area contributed by atoms with Gasteiger partial charge in [0.1, 0.15) is 0 Å². The van der Waals surface area contributed by atoms with E-state index in [0.29, 0.717) is 0 Å². The summed E-state index contributed by atoms with van der Waals surface area (Å²) < 4.78 is 0. The molecule has 0 aromatic heterocycles. The molecular weight excluding hydrogens is 172 g/mol. The summed E-state index contributed by atoms with van der Waals surface area (Å²) in [5, 5.41) is 9.24. The molecule has 1 N–H and O–H groups in total. The number of hydrogen-bond acceptors (Lipinski definition) is 1. The molecule has 0 atom stereocenters. The van der Waals surface area contributed by atoms with Gasteiger partial charge < -0.3 is 5.11 Å². The topological polar surface area (TPSA) is 20.2 Å². The lowest BCUT2D eigenvalue weighted by Gasteiger charge is -2.22. The molecule has 1 aliphatic carbocycles. The molecule has 2 rings (SSSR count). The molecule has 1 aromatic rings. The molecule has 0 radical (unpaired) electrons. The number of benzene rings is 1. The maximum absolute atomic E-state index is 9.24. The van der Waals surface area contributed by atoms with Crippen molar-refractivity contribution in [2.24, 2.45) is 0 Å². The highest BCUT2D eigenvalue weighted by Crippen LogP contribution is 2.29. The molecule has 0 saturated heterocycles. The maximum atomic E-state index is 9.24. The Morgan fingerprint density at radius 2 is 1.79 bits per heavy atom. The van der Waals surface area contributed by atoms with Crippen LogP contribution in [0.3, 0.4) is 0 Å². The van der Waals surface area contributed by atoms with Crippen molar-refractivity contribution in [2.75, 3.05) is 0 Å². The van der Waals surface area contributed by atoms with Crippen molar-refractivity contribution in [3.05, 3.63) is 33.9 Å². The van der Waals surface area contributed by atoms with Gasteiger partial charge in [0.25, 0.3) is 0 Å². The molecule has 0 aliphatic heterocycles. The van der Waals surface area contributed by atoms with Crippen molar-refractivity contribution < 1.29 is 5.11 Å². The van der Waals surface area contributed by atoms with Crippen LogP contribution < -0.4 is 0 Å². The van der Waals surface area contributed by atoms with Gasteiger partial charge >= 0.3 is 0 Å². The summed E-state index contributed by atoms with van der Waals surface area (Å²) in [4.78, 5) is 0. The van der Waals surface area contributed by atoms with E-state index in [1.807, 2.05) is 0 Å². The minimum atomic E-state index is 0.181. The van der Waals surface area contributed by atoms with E-state index < -0.39 is 0 Å². The molecule has 1 nitrogen and oxygen atoms in total. The highest BCUT2D eigenvalue weighted by Gasteiger charge is 2.15. The molecule has 1 aromatic carbocycles. The van der Waals surface area contributed by atoms with Gasteiger partial charge in [-0.05, 0) is 67.3 Å². The van der Waals surface area contributed by atoms with E-state index in [4.69, 9.17) is 0 Å². The summed E-state index contributed by atoms with van der Waals surface area (Å²) in [6.45, 7) is 4.50. The molecule has 0 saturated carbocycles. The molecule has 76 valence electrons. The first-order valence-corrected chi connectivity index (χ1v) is 5.45. The van der Waals surface area contributed by atoms with E-state index in [9.17, 15) is 5.11 Å². The summed E-state index contributed by atoms with van der Waals surface area (Å²) in [7, 11) is 0. The lowest BCUT2D eigenvalue weighted by Crippen LogP contribution is -2.09. The molecule has 0 unspecified atom stereocenters. The fourth-order valence-corrected chi connectivity index (χ4v) is 2.57. The van der Waals surface area contributed by atoms with Gasteiger partial charge in [-0.15, -0.1) is 0 Å². The lowest BCUT2D eigenvalue weighted by atomic mass is 9.84. The van der Waals surface area contributed by atoms with Crippen LogP contribution in [0.5, 0.6) is 0 Å². The third-order valence-corrected chi connectivity index (χ3v) is 3.44. The van der Waals surface area contributed by atoms with Gasteiger partial charge in [0, 0.05) is 0 Å². The molecule has 14 heavy (non-hydrogen) atoms. The van der Waals surface area contributed by atoms with Crippen LogP contribution in [-0.4, -0.2) is 5.11 Å². The van der Waals surface area contributed by atoms with Gasteiger partial charge in [-0.2, -0.15) is 0 Å². The Labute approximate surface area is 85.8 Å². The second kappa shape index (κ2) is 3.74. The van der Waals surface area contributed by atoms with Crippen molar-refractivity contribution in [2.45, 2.75) is 46.1 Å². The first kappa shape index (κ1) is 9.72. The van der Waals surface area contributed by atoms with Crippen LogP contribution in [-0.2, 0) is 19.4 Å². The molecular formula is C13H18O. The predicted octanol–water partition coefficient (Wildman–Crippen LogP) is 2.67. The number of aryl methyl sites for hydroxylation is 1. The Balaban J connectivity index is 2.58. The highest BCUT2D eigenvalue weighted by molar-refractivity contribution is 5.46. The Bertz CT molecular complexity index is 353. The van der Waals surface area contributed by atoms with Gasteiger partial charge in [-0.1, -0.05) is 6.07 Å². The Morgan fingerprint density at radius 3 is 2.43 bits per heavy atom. The zero-order valence-corrected chi connectivity index (χ0v) is 9.06. The number of aliphatic hydroxyl groups excluding tert-OH is 1. The lowest BCUT2D eigenvalue weighted by molar-refractivity contribution is 0.280. The summed E-state index contributed by atoms with van der Waals surface area (Å²) in [6.07, 6.45) is 5.07. The summed E-state index contributed by atoms with van der Waals surface area (Å²) in [5.41, 5.74) is 6.87. The zero-order chi connectivity index (χ0) is 10.1. The first-order chi connectivity index (χ1) is 6.74. The SMILES string of the molecule is Cc1cc(CO)c(C)c2c1CCCC2. The van der Waals surface area contributed by atoms with Crippen LogP contribution in [0.4, 0.5) is 0 Å². The number of hydrogen-bond donors (Lipinski definition) is 1. The number of aliphatic hydroxyl groups is 1. The fraction of sp³-hybridized carbons (Fsp3) is 0.538. The molecule has 1 aliphatic rings. The summed E-state index contributed by atoms with van der Waals surface area (Å²) >= 11 is 0. The molecule has 0 amide bonds. The molecule has 0 fully saturated rings. The monoisotopic (exact) mass is 190 g/mol. The minimum Gasteiger partial charge on any atom is -0.392 e. The van der Waals surface area contributed by atoms with Crippen molar-refractivity contribution in [1.82, 2.24) is 0 Å². The quantitative estimate of drug-likeness (QED) is 0.722. The van der Waals surface area contributed by atoms with Crippen LogP contribution in [0.1, 0.15) is 40.7 Å². The van der Waals surface area contributed by atoms with E-state index in [1.165, 1.54) is 42.4 Å². The average Bonchev–Trinajstić information content (AvgIpc) is 2.23. The Morgan fingerprint density at radius 1 is 1.14 bits per heavy atom. The van der Waals surface area contributed by atoms with Gasteiger partial charge in [0.2, 0.25) is 0 Å². The standard InChI is InChI=1S/C13H18O/c1-9-7-11(8-14)10(2)13-6-4-3-5-12(9)13/h7,14H,3-6,8H2,1-2H3. The average molecular weight is 190 g/mol. The van der Waals surface area contributed by atoms with Crippen LogP contribution in [0, 0.1) is 13.8 Å². The van der Waals surface area contributed by atoms with E-state index >= 15 is 0 Å². The Hall–Kier alpha value is -0.820. The number of rotatable bonds is 1. The van der Waals surface area contributed by atoms with E-state index in [-0.39, 0.29) is 6.61 Å². The van der Waals surface area contributed by atoms with Gasteiger partial charge in [0.15, 0.2) is 0 Å². The van der Waals surface area contributed by atoms with Crippen molar-refractivity contribution in [1.29, 1.82) is 0 Å². The highest BCUT2D eigenvalue weighted by atomic mass is 16.3. The Kier molecular flexibility index (Phi) is 2.60. The summed E-state index contributed by atoms with van der Waals surface area (Å²) in [5.74, 6) is 0. The first-order valence-electron chi connectivity index (χ1n) is 5.45.